The summed E-state index contributed by atoms with van der Waals surface area (Å²) in [4.78, 5) is 232. The first-order chi connectivity index (χ1) is 52.7. The third-order valence-corrected chi connectivity index (χ3v) is 17.8. The van der Waals surface area contributed by atoms with Crippen LogP contribution in [0.25, 0.3) is 10.9 Å². The van der Waals surface area contributed by atoms with Crippen LogP contribution in [0.2, 0.25) is 0 Å². The van der Waals surface area contributed by atoms with Crippen molar-refractivity contribution in [2.24, 2.45) is 40.7 Å². The molecule has 0 aliphatic carbocycles. The molecule has 2 aromatic carbocycles. The number of amides is 18. The first-order valence-electron chi connectivity index (χ1n) is 36.8. The van der Waals surface area contributed by atoms with E-state index in [1.807, 2.05) is 0 Å². The maximum absolute atomic E-state index is 14.4. The SMILES string of the molecule is CC(C)C[C@H](NC(=O)[C@H](CC(C)C)NC(=O)[C@H](Cc1ccc(O)cc1)NC(=O)CNC(=O)[C@H](C)NC(=O)[C@H](CO)NC(=O)[C@H](CC(N)=O)NC(=O)[C@H](CC(C)C)NC(=O)[C@@H](NC(=O)[C@H](Cc1c[nH]c2ccccc12)NC(=O)CN)[C@@H](C)O)C(=O)NCC(=O)N1CCC[C@H]1C(=O)N[C@@H](CCCNC(N)=O)C(=O)N[C@@H](C)C(N)=O. The Balaban J connectivity index is 1.41. The molecule has 0 unspecified atom stereocenters. The van der Waals surface area contributed by atoms with E-state index < -0.39 is 212 Å². The lowest BCUT2D eigenvalue weighted by Gasteiger charge is -2.28. The minimum absolute atomic E-state index is 0.0127. The Morgan fingerprint density at radius 3 is 1.58 bits per heavy atom. The predicted molar refractivity (Wildman–Crippen MR) is 403 cm³/mol. The standard InChI is InChI=1S/C72H110N20O20/c1-35(2)24-47(62(102)80-33-58(99)92-23-13-17-54(92)70(110)85-46(16-12-22-77-72(76)112)63(103)81-38(7)60(75)100)86-64(104)48(25-36(3)4)87-66(106)50(27-41-18-20-43(95)21-19-41)84-57(98)32-79-61(101)39(8)82-69(109)53(34-93)90-67(107)52(29-55(74)96)88-65(105)49(26-37(5)6)89-71(111)59(40(9)94)91-68(108)51(83-56(97)30-73)28-42-31-78-45-15-11-10-14-44(42)45/h10-11,14-15,18-21,31,35-40,46-54,59,78,93-95H,12-13,16-17,22-30,32-34,73H2,1-9H3,(H2,74,96)(H2,75,100)(H,79,101)(H,80,102)(H,81,103)(H,82,109)(H,83,97)(H,84,98)(H,85,110)(H,86,104)(H,87,106)(H,88,105)(H,89,111)(H,90,107)(H,91,108)(H3,76,77,112)/t38-,39-,40+,46-,47-,48-,49-,50-,51-,52-,53-,54-,59-/m0/s1. The Labute approximate surface area is 646 Å². The number of hydrogen-bond acceptors (Lipinski definition) is 21. The molecule has 1 aliphatic heterocycles. The number of phenolic OH excluding ortho intramolecular Hbond substituents is 1. The number of carbonyl (C=O) groups excluding carboxylic acids is 17. The number of hydrogen-bond donors (Lipinski definition) is 22. The van der Waals surface area contributed by atoms with E-state index in [4.69, 9.17) is 22.9 Å². The number of primary amides is 3. The summed E-state index contributed by atoms with van der Waals surface area (Å²) < 4.78 is 0. The predicted octanol–water partition coefficient (Wildman–Crippen LogP) is -6.47. The summed E-state index contributed by atoms with van der Waals surface area (Å²) in [7, 11) is 0. The van der Waals surface area contributed by atoms with Crippen LogP contribution in [0, 0.1) is 17.8 Å². The van der Waals surface area contributed by atoms with Gasteiger partial charge in [0.05, 0.1) is 38.8 Å². The topological polar surface area (TPSA) is 642 Å². The van der Waals surface area contributed by atoms with Gasteiger partial charge < -0.3 is 123 Å². The number of nitrogens with two attached hydrogens (primary N) is 4. The normalized spacial score (nSPS) is 15.8. The molecule has 2 heterocycles. The van der Waals surface area contributed by atoms with Gasteiger partial charge in [-0.3, -0.25) is 76.7 Å². The smallest absolute Gasteiger partial charge is 0.312 e. The third-order valence-electron chi connectivity index (χ3n) is 17.8. The fourth-order valence-electron chi connectivity index (χ4n) is 11.9. The molecule has 112 heavy (non-hydrogen) atoms. The van der Waals surface area contributed by atoms with E-state index in [9.17, 15) is 96.8 Å². The Hall–Kier alpha value is -11.5. The molecule has 618 valence electrons. The number of aromatic amines is 1. The van der Waals surface area contributed by atoms with Crippen molar-refractivity contribution in [2.75, 3.05) is 39.3 Å². The number of carbonyl (C=O) groups is 17. The van der Waals surface area contributed by atoms with E-state index in [0.717, 1.165) is 10.9 Å². The number of H-pyrrole nitrogens is 1. The Morgan fingerprint density at radius 1 is 0.518 bits per heavy atom. The summed E-state index contributed by atoms with van der Waals surface area (Å²) in [6.07, 6.45) is -0.605. The van der Waals surface area contributed by atoms with E-state index in [2.05, 4.69) is 79.4 Å². The van der Waals surface area contributed by atoms with Crippen LogP contribution in [0.15, 0.2) is 54.7 Å². The largest absolute Gasteiger partial charge is 0.508 e. The number of para-hydroxylation sites is 1. The van der Waals surface area contributed by atoms with Gasteiger partial charge >= 0.3 is 6.03 Å². The summed E-state index contributed by atoms with van der Waals surface area (Å²) in [5, 5.41) is 66.2. The van der Waals surface area contributed by atoms with Gasteiger partial charge in [0.2, 0.25) is 94.5 Å². The molecular formula is C72H110N20O20. The number of nitrogens with zero attached hydrogens (tertiary/aromatic N) is 1. The summed E-state index contributed by atoms with van der Waals surface area (Å²) in [6.45, 7) is 11.1. The molecule has 26 N–H and O–H groups in total. The van der Waals surface area contributed by atoms with Crippen molar-refractivity contribution in [3.05, 3.63) is 65.9 Å². The molecule has 18 amide bonds. The van der Waals surface area contributed by atoms with Gasteiger partial charge in [0.15, 0.2) is 0 Å². The molecule has 1 aliphatic rings. The third kappa shape index (κ3) is 31.1. The molecule has 1 saturated heterocycles. The van der Waals surface area contributed by atoms with Gasteiger partial charge in [-0.05, 0) is 113 Å². The summed E-state index contributed by atoms with van der Waals surface area (Å²) in [5.74, 6) is -15.9. The van der Waals surface area contributed by atoms with E-state index in [1.54, 1.807) is 72.0 Å². The average molecular weight is 1580 g/mol. The number of rotatable bonds is 46. The molecule has 0 saturated carbocycles. The first-order valence-corrected chi connectivity index (χ1v) is 36.8. The number of likely N-dealkylation sites (tertiary alicyclic amines) is 1. The monoisotopic (exact) mass is 1570 g/mol. The molecule has 4 rings (SSSR count). The lowest BCUT2D eigenvalue weighted by Crippen LogP contribution is -2.62. The zero-order valence-electron chi connectivity index (χ0n) is 64.3. The van der Waals surface area contributed by atoms with Gasteiger partial charge in [0.25, 0.3) is 0 Å². The first kappa shape index (κ1) is 92.8. The van der Waals surface area contributed by atoms with Crippen molar-refractivity contribution < 1.29 is 96.8 Å². The van der Waals surface area contributed by atoms with Crippen molar-refractivity contribution in [1.82, 2.24) is 84.3 Å². The highest BCUT2D eigenvalue weighted by molar-refractivity contribution is 6.01. The Bertz CT molecular complexity index is 3810. The number of aliphatic hydroxyl groups is 2. The Morgan fingerprint density at radius 2 is 1.02 bits per heavy atom. The molecule has 0 spiro atoms. The second-order valence-electron chi connectivity index (χ2n) is 28.7. The molecule has 3 aromatic rings. The number of aromatic nitrogens is 1. The fourth-order valence-corrected chi connectivity index (χ4v) is 11.9. The van der Waals surface area contributed by atoms with Gasteiger partial charge in [-0.15, -0.1) is 0 Å². The van der Waals surface area contributed by atoms with E-state index in [-0.39, 0.29) is 88.0 Å². The molecule has 13 atom stereocenters. The van der Waals surface area contributed by atoms with Gasteiger partial charge in [0, 0.05) is 43.0 Å². The average Bonchev–Trinajstić information content (AvgIpc) is 1.23. The van der Waals surface area contributed by atoms with Crippen LogP contribution in [-0.4, -0.2) is 244 Å². The van der Waals surface area contributed by atoms with Crippen LogP contribution in [0.3, 0.4) is 0 Å². The van der Waals surface area contributed by atoms with Crippen LogP contribution >= 0.6 is 0 Å². The minimum atomic E-state index is -1.88. The van der Waals surface area contributed by atoms with Gasteiger partial charge in [0.1, 0.15) is 78.3 Å². The molecule has 1 aromatic heterocycles. The maximum atomic E-state index is 14.4. The minimum Gasteiger partial charge on any atom is -0.508 e. The number of nitrogens with one attached hydrogen (secondary N) is 15. The summed E-state index contributed by atoms with van der Waals surface area (Å²) in [5.41, 5.74) is 23.2. The van der Waals surface area contributed by atoms with Crippen molar-refractivity contribution in [1.29, 1.82) is 0 Å². The van der Waals surface area contributed by atoms with Crippen LogP contribution in [0.4, 0.5) is 4.79 Å². The van der Waals surface area contributed by atoms with E-state index in [0.29, 0.717) is 17.5 Å². The number of aliphatic hydroxyl groups excluding tert-OH is 2. The van der Waals surface area contributed by atoms with Crippen molar-refractivity contribution in [3.8, 4) is 5.75 Å². The number of urea groups is 1. The van der Waals surface area contributed by atoms with Crippen LogP contribution in [-0.2, 0) is 89.6 Å². The van der Waals surface area contributed by atoms with Gasteiger partial charge in [-0.2, -0.15) is 0 Å². The van der Waals surface area contributed by atoms with Crippen molar-refractivity contribution in [3.63, 3.8) is 0 Å². The number of aromatic hydroxyl groups is 1. The maximum Gasteiger partial charge on any atom is 0.312 e. The Kier molecular flexibility index (Phi) is 37.8. The molecule has 0 radical (unpaired) electrons. The number of phenols is 1. The fraction of sp³-hybridized carbons (Fsp3) is 0.569. The quantitative estimate of drug-likeness (QED) is 0.0234. The van der Waals surface area contributed by atoms with Gasteiger partial charge in [-0.1, -0.05) is 71.9 Å². The van der Waals surface area contributed by atoms with Crippen molar-refractivity contribution in [2.45, 2.75) is 205 Å². The van der Waals surface area contributed by atoms with Crippen molar-refractivity contribution >= 4 is 111 Å². The van der Waals surface area contributed by atoms with Crippen LogP contribution in [0.5, 0.6) is 5.75 Å². The highest BCUT2D eigenvalue weighted by atomic mass is 16.3. The summed E-state index contributed by atoms with van der Waals surface area (Å²) in [6, 6.07) is -5.57. The number of benzene rings is 2. The van der Waals surface area contributed by atoms with Gasteiger partial charge in [-0.25, -0.2) is 4.79 Å². The highest BCUT2D eigenvalue weighted by Gasteiger charge is 2.40. The van der Waals surface area contributed by atoms with Crippen LogP contribution in [0.1, 0.15) is 125 Å². The number of fused-ring (bicyclic) bond motifs is 1. The van der Waals surface area contributed by atoms with Crippen LogP contribution < -0.4 is 97.4 Å². The molecule has 40 heteroatoms. The highest BCUT2D eigenvalue weighted by Crippen LogP contribution is 2.22. The van der Waals surface area contributed by atoms with E-state index in [1.165, 1.54) is 49.9 Å². The second kappa shape index (κ2) is 45.6. The molecule has 1 fully saturated rings. The zero-order valence-corrected chi connectivity index (χ0v) is 64.3. The van der Waals surface area contributed by atoms with E-state index >= 15 is 0 Å². The lowest BCUT2D eigenvalue weighted by molar-refractivity contribution is -0.140. The zero-order chi connectivity index (χ0) is 83.8. The second-order valence-corrected chi connectivity index (χ2v) is 28.7. The molecule has 0 bridgehead atoms. The molecule has 40 nitrogen and oxygen atoms in total. The lowest BCUT2D eigenvalue weighted by atomic mass is 9.99. The summed E-state index contributed by atoms with van der Waals surface area (Å²) >= 11 is 0. The molecular weight excluding hydrogens is 1460 g/mol.